The Morgan fingerprint density at radius 2 is 2.05 bits per heavy atom. The van der Waals surface area contributed by atoms with E-state index >= 15 is 0 Å². The molecule has 0 saturated heterocycles. The molecule has 1 aromatic rings. The van der Waals surface area contributed by atoms with Crippen LogP contribution < -0.4 is 10.1 Å². The van der Waals surface area contributed by atoms with Gasteiger partial charge in [0.05, 0.1) is 18.6 Å². The van der Waals surface area contributed by atoms with Crippen molar-refractivity contribution in [2.24, 2.45) is 5.41 Å². The van der Waals surface area contributed by atoms with E-state index in [0.717, 1.165) is 0 Å². The number of nitrogens with one attached hydrogen (secondary N) is 1. The summed E-state index contributed by atoms with van der Waals surface area (Å²) in [5.74, 6) is -1.44. The van der Waals surface area contributed by atoms with Gasteiger partial charge in [-0.25, -0.2) is 4.39 Å². The monoisotopic (exact) mass is 297 g/mol. The number of amides is 1. The van der Waals surface area contributed by atoms with Crippen LogP contribution in [0.5, 0.6) is 5.75 Å². The molecule has 5 nitrogen and oxygen atoms in total. The molecule has 0 saturated carbocycles. The van der Waals surface area contributed by atoms with Crippen LogP contribution in [-0.4, -0.2) is 24.1 Å². The molecule has 0 aromatic heterocycles. The van der Waals surface area contributed by atoms with Crippen LogP contribution in [0.4, 0.5) is 4.39 Å². The van der Waals surface area contributed by atoms with Gasteiger partial charge in [-0.05, 0) is 39.0 Å². The third-order valence-electron chi connectivity index (χ3n) is 3.22. The van der Waals surface area contributed by atoms with Gasteiger partial charge >= 0.3 is 5.97 Å². The van der Waals surface area contributed by atoms with E-state index in [4.69, 9.17) is 9.84 Å². The van der Waals surface area contributed by atoms with Crippen LogP contribution in [0, 0.1) is 11.2 Å². The molecule has 116 valence electrons. The van der Waals surface area contributed by atoms with Gasteiger partial charge in [0.2, 0.25) is 5.91 Å². The number of rotatable bonds is 6. The molecule has 1 unspecified atom stereocenters. The first-order valence-electron chi connectivity index (χ1n) is 6.53. The third kappa shape index (κ3) is 4.44. The smallest absolute Gasteiger partial charge is 0.309 e. The van der Waals surface area contributed by atoms with Crippen molar-refractivity contribution in [3.8, 4) is 5.75 Å². The Bertz CT molecular complexity index is 542. The normalized spacial score (nSPS) is 12.6. The number of carbonyl (C=O) groups is 2. The summed E-state index contributed by atoms with van der Waals surface area (Å²) in [6.45, 7) is 4.63. The van der Waals surface area contributed by atoms with Crippen molar-refractivity contribution in [1.29, 1.82) is 0 Å². The third-order valence-corrected chi connectivity index (χ3v) is 3.22. The summed E-state index contributed by atoms with van der Waals surface area (Å²) in [7, 11) is 1.46. The second kappa shape index (κ2) is 6.56. The predicted molar refractivity (Wildman–Crippen MR) is 75.5 cm³/mol. The zero-order valence-electron chi connectivity index (χ0n) is 12.6. The largest absolute Gasteiger partial charge is 0.496 e. The van der Waals surface area contributed by atoms with Crippen LogP contribution in [0.1, 0.15) is 38.8 Å². The quantitative estimate of drug-likeness (QED) is 0.846. The number of halogens is 1. The highest BCUT2D eigenvalue weighted by Crippen LogP contribution is 2.27. The number of ether oxygens (including phenoxy) is 1. The van der Waals surface area contributed by atoms with E-state index in [1.54, 1.807) is 6.92 Å². The van der Waals surface area contributed by atoms with Crippen LogP contribution in [0.15, 0.2) is 18.2 Å². The van der Waals surface area contributed by atoms with Crippen molar-refractivity contribution in [2.45, 2.75) is 33.2 Å². The molecule has 0 aliphatic rings. The molecule has 1 atom stereocenters. The van der Waals surface area contributed by atoms with Crippen molar-refractivity contribution in [1.82, 2.24) is 5.32 Å². The predicted octanol–water partition coefficient (Wildman–Crippen LogP) is 2.51. The minimum atomic E-state index is -1.16. The van der Waals surface area contributed by atoms with Crippen molar-refractivity contribution in [2.75, 3.05) is 7.11 Å². The molecule has 0 bridgehead atoms. The summed E-state index contributed by atoms with van der Waals surface area (Å²) >= 11 is 0. The van der Waals surface area contributed by atoms with E-state index in [2.05, 4.69) is 5.32 Å². The fourth-order valence-electron chi connectivity index (χ4n) is 1.89. The van der Waals surface area contributed by atoms with E-state index < -0.39 is 29.2 Å². The average Bonchev–Trinajstić information content (AvgIpc) is 2.37. The number of carboxylic acid groups (broad SMARTS) is 1. The number of carboxylic acids is 1. The molecule has 0 aliphatic heterocycles. The van der Waals surface area contributed by atoms with Gasteiger partial charge in [0, 0.05) is 12.0 Å². The fraction of sp³-hybridized carbons (Fsp3) is 0.467. The van der Waals surface area contributed by atoms with E-state index in [1.165, 1.54) is 39.2 Å². The van der Waals surface area contributed by atoms with Gasteiger partial charge in [0.1, 0.15) is 11.6 Å². The molecule has 1 rings (SSSR count). The Labute approximate surface area is 123 Å². The van der Waals surface area contributed by atoms with Crippen molar-refractivity contribution in [3.05, 3.63) is 29.6 Å². The van der Waals surface area contributed by atoms with E-state index in [1.807, 2.05) is 0 Å². The Kier molecular flexibility index (Phi) is 5.29. The average molecular weight is 297 g/mol. The molecule has 21 heavy (non-hydrogen) atoms. The van der Waals surface area contributed by atoms with Crippen molar-refractivity contribution in [3.63, 3.8) is 0 Å². The van der Waals surface area contributed by atoms with Gasteiger partial charge in [-0.1, -0.05) is 0 Å². The van der Waals surface area contributed by atoms with Crippen molar-refractivity contribution >= 4 is 11.9 Å². The standard InChI is InChI=1S/C15H20FNO4/c1-9(11-7-10(16)5-6-12(11)21-4)17-13(18)8-15(2,3)14(19)20/h5-7,9H,8H2,1-4H3,(H,17,18)(H,19,20). The Hall–Kier alpha value is -2.11. The minimum Gasteiger partial charge on any atom is -0.496 e. The molecule has 1 amide bonds. The Morgan fingerprint density at radius 1 is 1.43 bits per heavy atom. The molecular formula is C15H20FNO4. The first-order valence-corrected chi connectivity index (χ1v) is 6.53. The van der Waals surface area contributed by atoms with Crippen molar-refractivity contribution < 1.29 is 23.8 Å². The topological polar surface area (TPSA) is 75.6 Å². The lowest BCUT2D eigenvalue weighted by atomic mass is 9.89. The number of methoxy groups -OCH3 is 1. The Balaban J connectivity index is 2.82. The second-order valence-electron chi connectivity index (χ2n) is 5.54. The van der Waals surface area contributed by atoms with E-state index in [9.17, 15) is 14.0 Å². The van der Waals surface area contributed by atoms with Crippen LogP contribution >= 0.6 is 0 Å². The molecule has 1 aromatic carbocycles. The summed E-state index contributed by atoms with van der Waals surface area (Å²) in [6, 6.07) is 3.54. The van der Waals surface area contributed by atoms with E-state index in [-0.39, 0.29) is 6.42 Å². The summed E-state index contributed by atoms with van der Waals surface area (Å²) < 4.78 is 18.4. The van der Waals surface area contributed by atoms with Crippen LogP contribution in [0.2, 0.25) is 0 Å². The first-order chi connectivity index (χ1) is 9.67. The van der Waals surface area contributed by atoms with Gasteiger partial charge < -0.3 is 15.2 Å². The molecule has 2 N–H and O–H groups in total. The molecule has 0 fully saturated rings. The van der Waals surface area contributed by atoms with Gasteiger partial charge in [-0.2, -0.15) is 0 Å². The highest BCUT2D eigenvalue weighted by molar-refractivity contribution is 5.84. The zero-order valence-corrected chi connectivity index (χ0v) is 12.6. The maximum absolute atomic E-state index is 13.3. The number of carbonyl (C=O) groups excluding carboxylic acids is 1. The Morgan fingerprint density at radius 3 is 2.57 bits per heavy atom. The second-order valence-corrected chi connectivity index (χ2v) is 5.54. The molecule has 6 heteroatoms. The lowest BCUT2D eigenvalue weighted by Crippen LogP contribution is -2.34. The molecule has 0 heterocycles. The fourth-order valence-corrected chi connectivity index (χ4v) is 1.89. The highest BCUT2D eigenvalue weighted by Gasteiger charge is 2.30. The SMILES string of the molecule is COc1ccc(F)cc1C(C)NC(=O)CC(C)(C)C(=O)O. The summed E-state index contributed by atoms with van der Waals surface area (Å²) in [5, 5.41) is 11.7. The van der Waals surface area contributed by atoms with Crippen LogP contribution in [0.3, 0.4) is 0 Å². The number of aliphatic carboxylic acids is 1. The summed E-state index contributed by atoms with van der Waals surface area (Å²) in [6.07, 6.45) is -0.162. The molecule has 0 aliphatic carbocycles. The minimum absolute atomic E-state index is 0.162. The maximum atomic E-state index is 13.3. The van der Waals surface area contributed by atoms with Gasteiger partial charge in [0.15, 0.2) is 0 Å². The van der Waals surface area contributed by atoms with E-state index in [0.29, 0.717) is 11.3 Å². The highest BCUT2D eigenvalue weighted by atomic mass is 19.1. The van der Waals surface area contributed by atoms with Gasteiger partial charge in [-0.3, -0.25) is 9.59 Å². The first kappa shape index (κ1) is 16.9. The maximum Gasteiger partial charge on any atom is 0.309 e. The lowest BCUT2D eigenvalue weighted by Gasteiger charge is -2.21. The summed E-state index contributed by atoms with van der Waals surface area (Å²) in [4.78, 5) is 22.9. The molecule has 0 radical (unpaired) electrons. The van der Waals surface area contributed by atoms with Crippen LogP contribution in [0.25, 0.3) is 0 Å². The summed E-state index contributed by atoms with van der Waals surface area (Å²) in [5.41, 5.74) is -0.658. The number of hydrogen-bond donors (Lipinski definition) is 2. The van der Waals surface area contributed by atoms with Crippen LogP contribution in [-0.2, 0) is 9.59 Å². The number of benzene rings is 1. The van der Waals surface area contributed by atoms with Gasteiger partial charge in [-0.15, -0.1) is 0 Å². The number of hydrogen-bond acceptors (Lipinski definition) is 3. The lowest BCUT2D eigenvalue weighted by molar-refractivity contribution is -0.149. The zero-order chi connectivity index (χ0) is 16.2. The van der Waals surface area contributed by atoms with Gasteiger partial charge in [0.25, 0.3) is 0 Å². The molecule has 0 spiro atoms. The molecular weight excluding hydrogens is 277 g/mol.